The molecule has 2 aliphatic rings. The fourth-order valence-electron chi connectivity index (χ4n) is 4.38. The molecule has 0 saturated carbocycles. The number of benzene rings is 1. The Hall–Kier alpha value is -2.16. The number of thioether (sulfide) groups is 1. The van der Waals surface area contributed by atoms with Gasteiger partial charge in [0.25, 0.3) is 0 Å². The molecule has 7 nitrogen and oxygen atoms in total. The van der Waals surface area contributed by atoms with E-state index in [0.29, 0.717) is 19.0 Å². The fraction of sp³-hybridized carbons (Fsp3) is 0.560. The summed E-state index contributed by atoms with van der Waals surface area (Å²) >= 11 is 1.57. The van der Waals surface area contributed by atoms with Crippen LogP contribution < -0.4 is 10.2 Å². The first kappa shape index (κ1) is 24.0. The zero-order valence-corrected chi connectivity index (χ0v) is 20.8. The van der Waals surface area contributed by atoms with Crippen LogP contribution in [-0.4, -0.2) is 47.7 Å². The number of carbonyl (C=O) groups excluding carboxylic acids is 1. The van der Waals surface area contributed by atoms with E-state index in [9.17, 15) is 4.79 Å². The fourth-order valence-corrected chi connectivity index (χ4v) is 4.74. The van der Waals surface area contributed by atoms with Gasteiger partial charge >= 0.3 is 6.09 Å². The number of para-hydroxylation sites is 1. The smallest absolute Gasteiger partial charge is 0.414 e. The maximum atomic E-state index is 12.8. The molecule has 3 heterocycles. The van der Waals surface area contributed by atoms with E-state index >= 15 is 0 Å². The number of rotatable bonds is 6. The van der Waals surface area contributed by atoms with Crippen molar-refractivity contribution in [1.82, 2.24) is 15.3 Å². The molecule has 1 aromatic carbocycles. The van der Waals surface area contributed by atoms with Crippen LogP contribution in [0.1, 0.15) is 56.5 Å². The summed E-state index contributed by atoms with van der Waals surface area (Å²) in [6, 6.07) is 8.22. The van der Waals surface area contributed by atoms with Gasteiger partial charge in [-0.1, -0.05) is 30.0 Å². The number of nitrogens with one attached hydrogen (secondary N) is 1. The van der Waals surface area contributed by atoms with Gasteiger partial charge in [-0.3, -0.25) is 4.90 Å². The molecule has 0 bridgehead atoms. The molecule has 1 aromatic heterocycles. The average molecular weight is 471 g/mol. The second-order valence-corrected chi connectivity index (χ2v) is 10.4. The van der Waals surface area contributed by atoms with E-state index in [4.69, 9.17) is 14.5 Å². The number of hydrogen-bond donors (Lipinski definition) is 1. The second kappa shape index (κ2) is 10.4. The van der Waals surface area contributed by atoms with E-state index in [0.717, 1.165) is 60.1 Å². The van der Waals surface area contributed by atoms with Crippen molar-refractivity contribution in [2.45, 2.75) is 63.4 Å². The molecule has 2 atom stereocenters. The number of amides is 1. The Balaban J connectivity index is 1.49. The van der Waals surface area contributed by atoms with E-state index in [2.05, 4.69) is 16.4 Å². The molecule has 2 aromatic rings. The first-order valence-electron chi connectivity index (χ1n) is 11.6. The molecule has 0 aliphatic carbocycles. The average Bonchev–Trinajstić information content (AvgIpc) is 3.30. The SMILES string of the molecule is CSc1ncc(CN[C@H]2CCN(C(=O)OC(C)(C)C)c3ccccc32)c(CC2CCOC2)n1. The summed E-state index contributed by atoms with van der Waals surface area (Å²) in [7, 11) is 0. The van der Waals surface area contributed by atoms with Crippen molar-refractivity contribution in [1.29, 1.82) is 0 Å². The van der Waals surface area contributed by atoms with Gasteiger partial charge in [-0.25, -0.2) is 14.8 Å². The number of ether oxygens (including phenoxy) is 2. The summed E-state index contributed by atoms with van der Waals surface area (Å²) in [4.78, 5) is 23.9. The minimum absolute atomic E-state index is 0.141. The monoisotopic (exact) mass is 470 g/mol. The van der Waals surface area contributed by atoms with E-state index in [1.807, 2.05) is 51.4 Å². The molecule has 1 unspecified atom stereocenters. The van der Waals surface area contributed by atoms with Crippen LogP contribution in [0, 0.1) is 5.92 Å². The number of carbonyl (C=O) groups is 1. The van der Waals surface area contributed by atoms with Crippen molar-refractivity contribution < 1.29 is 14.3 Å². The first-order chi connectivity index (χ1) is 15.8. The lowest BCUT2D eigenvalue weighted by Gasteiger charge is -2.35. The second-order valence-electron chi connectivity index (χ2n) is 9.68. The molecule has 33 heavy (non-hydrogen) atoms. The Kier molecular flexibility index (Phi) is 7.56. The Labute approximate surface area is 200 Å². The molecule has 178 valence electrons. The van der Waals surface area contributed by atoms with Gasteiger partial charge in [0.2, 0.25) is 0 Å². The third-order valence-corrected chi connectivity index (χ3v) is 6.58. The van der Waals surface area contributed by atoms with Gasteiger partial charge < -0.3 is 14.8 Å². The first-order valence-corrected chi connectivity index (χ1v) is 12.9. The van der Waals surface area contributed by atoms with Crippen LogP contribution in [0.15, 0.2) is 35.6 Å². The van der Waals surface area contributed by atoms with Crippen LogP contribution in [0.2, 0.25) is 0 Å². The Morgan fingerprint density at radius 2 is 2.12 bits per heavy atom. The van der Waals surface area contributed by atoms with Crippen molar-refractivity contribution in [2.24, 2.45) is 5.92 Å². The highest BCUT2D eigenvalue weighted by atomic mass is 32.2. The molecule has 0 spiro atoms. The molecule has 2 aliphatic heterocycles. The standard InChI is InChI=1S/C25H34N4O3S/c1-25(2,3)32-24(30)29-11-9-20(19-7-5-6-8-22(19)29)26-14-18-15-27-23(33-4)28-21(18)13-17-10-12-31-16-17/h5-8,15,17,20,26H,9-14,16H2,1-4H3/t17?,20-/m0/s1. The molecule has 1 amide bonds. The predicted molar refractivity (Wildman–Crippen MR) is 131 cm³/mol. The normalized spacial score (nSPS) is 20.5. The Morgan fingerprint density at radius 3 is 2.85 bits per heavy atom. The van der Waals surface area contributed by atoms with Gasteiger partial charge in [-0.15, -0.1) is 0 Å². The van der Waals surface area contributed by atoms with Crippen LogP contribution in [-0.2, 0) is 22.4 Å². The Morgan fingerprint density at radius 1 is 1.30 bits per heavy atom. The number of nitrogens with zero attached hydrogens (tertiary/aromatic N) is 3. The zero-order valence-electron chi connectivity index (χ0n) is 20.0. The summed E-state index contributed by atoms with van der Waals surface area (Å²) in [6.07, 6.45) is 6.48. The van der Waals surface area contributed by atoms with Crippen molar-refractivity contribution in [3.8, 4) is 0 Å². The largest absolute Gasteiger partial charge is 0.443 e. The predicted octanol–water partition coefficient (Wildman–Crippen LogP) is 4.75. The summed E-state index contributed by atoms with van der Waals surface area (Å²) in [5, 5.41) is 4.52. The van der Waals surface area contributed by atoms with Gasteiger partial charge in [0.15, 0.2) is 5.16 Å². The van der Waals surface area contributed by atoms with Crippen molar-refractivity contribution in [3.63, 3.8) is 0 Å². The third-order valence-electron chi connectivity index (χ3n) is 6.02. The highest BCUT2D eigenvalue weighted by Crippen LogP contribution is 2.35. The van der Waals surface area contributed by atoms with Crippen LogP contribution in [0.3, 0.4) is 0 Å². The van der Waals surface area contributed by atoms with Crippen LogP contribution in [0.5, 0.6) is 0 Å². The van der Waals surface area contributed by atoms with Crippen LogP contribution in [0.25, 0.3) is 0 Å². The van der Waals surface area contributed by atoms with E-state index in [-0.39, 0.29) is 12.1 Å². The molecule has 1 saturated heterocycles. The summed E-state index contributed by atoms with van der Waals surface area (Å²) in [5.41, 5.74) is 3.74. The van der Waals surface area contributed by atoms with Crippen molar-refractivity contribution in [3.05, 3.63) is 47.3 Å². The summed E-state index contributed by atoms with van der Waals surface area (Å²) < 4.78 is 11.2. The quantitative estimate of drug-likeness (QED) is 0.482. The van der Waals surface area contributed by atoms with Crippen molar-refractivity contribution >= 4 is 23.5 Å². The van der Waals surface area contributed by atoms with Crippen LogP contribution >= 0.6 is 11.8 Å². The molecular weight excluding hydrogens is 436 g/mol. The van der Waals surface area contributed by atoms with Crippen molar-refractivity contribution in [2.75, 3.05) is 30.9 Å². The minimum atomic E-state index is -0.523. The molecule has 1 fully saturated rings. The number of hydrogen-bond acceptors (Lipinski definition) is 7. The highest BCUT2D eigenvalue weighted by Gasteiger charge is 2.31. The number of aromatic nitrogens is 2. The lowest BCUT2D eigenvalue weighted by atomic mass is 9.96. The number of anilines is 1. The highest BCUT2D eigenvalue weighted by molar-refractivity contribution is 7.98. The van der Waals surface area contributed by atoms with Gasteiger partial charge in [0.1, 0.15) is 5.60 Å². The van der Waals surface area contributed by atoms with Gasteiger partial charge in [-0.2, -0.15) is 0 Å². The third kappa shape index (κ3) is 6.05. The lowest BCUT2D eigenvalue weighted by molar-refractivity contribution is 0.0576. The molecule has 8 heteroatoms. The molecule has 4 rings (SSSR count). The van der Waals surface area contributed by atoms with Crippen LogP contribution in [0.4, 0.5) is 10.5 Å². The maximum Gasteiger partial charge on any atom is 0.414 e. The van der Waals surface area contributed by atoms with Gasteiger partial charge in [0, 0.05) is 49.8 Å². The van der Waals surface area contributed by atoms with E-state index < -0.39 is 5.60 Å². The zero-order chi connectivity index (χ0) is 23.4. The van der Waals surface area contributed by atoms with Gasteiger partial charge in [-0.05, 0) is 63.8 Å². The molecule has 0 radical (unpaired) electrons. The molecular formula is C25H34N4O3S. The van der Waals surface area contributed by atoms with E-state index in [1.54, 1.807) is 16.7 Å². The summed E-state index contributed by atoms with van der Waals surface area (Å²) in [5.74, 6) is 0.520. The lowest BCUT2D eigenvalue weighted by Crippen LogP contribution is -2.42. The topological polar surface area (TPSA) is 76.6 Å². The minimum Gasteiger partial charge on any atom is -0.443 e. The molecule has 1 N–H and O–H groups in total. The summed E-state index contributed by atoms with van der Waals surface area (Å²) in [6.45, 7) is 8.62. The van der Waals surface area contributed by atoms with Gasteiger partial charge in [0.05, 0.1) is 5.69 Å². The Bertz CT molecular complexity index is 972. The number of fused-ring (bicyclic) bond motifs is 1. The maximum absolute atomic E-state index is 12.8. The van der Waals surface area contributed by atoms with E-state index in [1.165, 1.54) is 0 Å².